The molecule has 4 heteroatoms. The molecule has 0 spiro atoms. The van der Waals surface area contributed by atoms with Crippen molar-refractivity contribution in [3.8, 4) is 0 Å². The molecule has 0 aliphatic carbocycles. The lowest BCUT2D eigenvalue weighted by Crippen LogP contribution is -2.17. The zero-order chi connectivity index (χ0) is 11.6. The van der Waals surface area contributed by atoms with Gasteiger partial charge in [-0.2, -0.15) is 8.42 Å². The molecule has 2 rings (SSSR count). The second-order valence-electron chi connectivity index (χ2n) is 3.54. The van der Waals surface area contributed by atoms with Crippen LogP contribution in [0.3, 0.4) is 0 Å². The Balaban J connectivity index is 0.000000386. The summed E-state index contributed by atoms with van der Waals surface area (Å²) in [6, 6.07) is 11.0. The van der Waals surface area contributed by atoms with Crippen LogP contribution in [0.25, 0.3) is 6.08 Å². The summed E-state index contributed by atoms with van der Waals surface area (Å²) in [5.41, 5.74) is 1.29. The van der Waals surface area contributed by atoms with Gasteiger partial charge in [0.2, 0.25) is 0 Å². The van der Waals surface area contributed by atoms with Crippen LogP contribution >= 0.6 is 0 Å². The molecule has 0 saturated carbocycles. The molecule has 0 aromatic heterocycles. The van der Waals surface area contributed by atoms with Gasteiger partial charge in [0.15, 0.2) is 0 Å². The average Bonchev–Trinajstić information content (AvgIpc) is 2.82. The molecule has 3 nitrogen and oxygen atoms in total. The van der Waals surface area contributed by atoms with Gasteiger partial charge in [-0.1, -0.05) is 42.5 Å². The van der Waals surface area contributed by atoms with Crippen LogP contribution in [0.5, 0.6) is 0 Å². The lowest BCUT2D eigenvalue weighted by Gasteiger charge is -2.01. The molecule has 1 fully saturated rings. The van der Waals surface area contributed by atoms with E-state index in [4.69, 9.17) is 8.42 Å². The van der Waals surface area contributed by atoms with Crippen LogP contribution < -0.4 is 5.32 Å². The van der Waals surface area contributed by atoms with E-state index in [9.17, 15) is 0 Å². The van der Waals surface area contributed by atoms with Gasteiger partial charge in [0.1, 0.15) is 0 Å². The zero-order valence-corrected chi connectivity index (χ0v) is 9.78. The molecule has 1 aromatic rings. The molecule has 0 bridgehead atoms. The van der Waals surface area contributed by atoms with E-state index < -0.39 is 11.6 Å². The highest BCUT2D eigenvalue weighted by molar-refractivity contribution is 7.51. The molecule has 1 N–H and O–H groups in total. The summed E-state index contributed by atoms with van der Waals surface area (Å²) in [7, 11) is 0. The summed E-state index contributed by atoms with van der Waals surface area (Å²) >= 11 is -0.750. The van der Waals surface area contributed by atoms with Crippen molar-refractivity contribution in [2.24, 2.45) is 0 Å². The van der Waals surface area contributed by atoms with E-state index in [1.165, 1.54) is 24.9 Å². The Bertz CT molecular complexity index is 353. The first-order valence-corrected chi connectivity index (χ1v) is 5.92. The highest BCUT2D eigenvalue weighted by Gasteiger charge is 2.09. The molecule has 1 aliphatic heterocycles. The number of rotatable bonds is 2. The van der Waals surface area contributed by atoms with Crippen molar-refractivity contribution in [3.63, 3.8) is 0 Å². The Kier molecular flexibility index (Phi) is 6.37. The Morgan fingerprint density at radius 2 is 1.94 bits per heavy atom. The number of hydrogen-bond donors (Lipinski definition) is 1. The van der Waals surface area contributed by atoms with E-state index in [2.05, 4.69) is 41.7 Å². The van der Waals surface area contributed by atoms with Gasteiger partial charge in [-0.05, 0) is 24.9 Å². The second-order valence-corrected chi connectivity index (χ2v) is 3.68. The highest BCUT2D eigenvalue weighted by atomic mass is 32.1. The van der Waals surface area contributed by atoms with E-state index in [-0.39, 0.29) is 0 Å². The van der Waals surface area contributed by atoms with Gasteiger partial charge < -0.3 is 5.32 Å². The maximum absolute atomic E-state index is 8.29. The van der Waals surface area contributed by atoms with Crippen molar-refractivity contribution in [2.75, 3.05) is 6.54 Å². The van der Waals surface area contributed by atoms with Crippen molar-refractivity contribution in [2.45, 2.75) is 18.9 Å². The maximum atomic E-state index is 8.29. The van der Waals surface area contributed by atoms with Crippen LogP contribution in [0.4, 0.5) is 0 Å². The molecule has 0 radical (unpaired) electrons. The number of benzene rings is 1. The Morgan fingerprint density at radius 3 is 2.50 bits per heavy atom. The van der Waals surface area contributed by atoms with Gasteiger partial charge >= 0.3 is 11.6 Å². The van der Waals surface area contributed by atoms with E-state index >= 15 is 0 Å². The lowest BCUT2D eigenvalue weighted by molar-refractivity contribution is 0.630. The van der Waals surface area contributed by atoms with Crippen LogP contribution in [-0.4, -0.2) is 21.0 Å². The minimum Gasteiger partial charge on any atom is -0.311 e. The molecule has 1 aliphatic rings. The van der Waals surface area contributed by atoms with Gasteiger partial charge in [0, 0.05) is 6.04 Å². The smallest absolute Gasteiger partial charge is 0.311 e. The van der Waals surface area contributed by atoms with Crippen molar-refractivity contribution in [1.82, 2.24) is 5.32 Å². The summed E-state index contributed by atoms with van der Waals surface area (Å²) in [6.45, 7) is 1.17. The first-order chi connectivity index (χ1) is 7.86. The van der Waals surface area contributed by atoms with Gasteiger partial charge in [-0.25, -0.2) is 0 Å². The quantitative estimate of drug-likeness (QED) is 0.853. The molecule has 1 atom stereocenters. The third kappa shape index (κ3) is 5.00. The molecular formula is C12H15NO2S. The van der Waals surface area contributed by atoms with E-state index in [0.29, 0.717) is 6.04 Å². The fourth-order valence-electron chi connectivity index (χ4n) is 1.67. The molecule has 1 heterocycles. The van der Waals surface area contributed by atoms with E-state index in [1.807, 2.05) is 6.07 Å². The summed E-state index contributed by atoms with van der Waals surface area (Å²) in [4.78, 5) is 0. The summed E-state index contributed by atoms with van der Waals surface area (Å²) < 4.78 is 16.6. The summed E-state index contributed by atoms with van der Waals surface area (Å²) in [5, 5.41) is 3.44. The topological polar surface area (TPSA) is 46.2 Å². The molecular weight excluding hydrogens is 222 g/mol. The zero-order valence-electron chi connectivity index (χ0n) is 8.96. The van der Waals surface area contributed by atoms with Crippen molar-refractivity contribution >= 4 is 17.6 Å². The van der Waals surface area contributed by atoms with Crippen molar-refractivity contribution in [3.05, 3.63) is 42.0 Å². The molecule has 1 saturated heterocycles. The van der Waals surface area contributed by atoms with Gasteiger partial charge in [0.05, 0.1) is 0 Å². The summed E-state index contributed by atoms with van der Waals surface area (Å²) in [6.07, 6.45) is 7.05. The second kappa shape index (κ2) is 7.96. The molecule has 0 unspecified atom stereocenters. The fourth-order valence-corrected chi connectivity index (χ4v) is 1.67. The monoisotopic (exact) mass is 237 g/mol. The third-order valence-electron chi connectivity index (χ3n) is 2.42. The molecule has 86 valence electrons. The predicted octanol–water partition coefficient (Wildman–Crippen LogP) is 1.78. The molecule has 1 aromatic carbocycles. The van der Waals surface area contributed by atoms with E-state index in [0.717, 1.165) is 0 Å². The largest absolute Gasteiger partial charge is 0.335 e. The highest BCUT2D eigenvalue weighted by Crippen LogP contribution is 2.08. The van der Waals surface area contributed by atoms with Crippen LogP contribution in [0.1, 0.15) is 18.4 Å². The Labute approximate surface area is 99.2 Å². The van der Waals surface area contributed by atoms with Crippen LogP contribution in [0.15, 0.2) is 36.4 Å². The Morgan fingerprint density at radius 1 is 1.25 bits per heavy atom. The fraction of sp³-hybridized carbons (Fsp3) is 0.333. The molecule has 16 heavy (non-hydrogen) atoms. The Hall–Kier alpha value is -1.26. The van der Waals surface area contributed by atoms with Gasteiger partial charge in [0.25, 0.3) is 0 Å². The van der Waals surface area contributed by atoms with Crippen LogP contribution in [-0.2, 0) is 11.6 Å². The van der Waals surface area contributed by atoms with Crippen LogP contribution in [0, 0.1) is 0 Å². The van der Waals surface area contributed by atoms with Crippen LogP contribution in [0.2, 0.25) is 0 Å². The minimum absolute atomic E-state index is 0.597. The first kappa shape index (κ1) is 12.8. The third-order valence-corrected chi connectivity index (χ3v) is 2.42. The normalized spacial score (nSPS) is 19.1. The van der Waals surface area contributed by atoms with Crippen molar-refractivity contribution < 1.29 is 8.42 Å². The SMILES string of the molecule is C(=C\[C@@H]1CCCN1)/c1ccccc1.O=S=O. The van der Waals surface area contributed by atoms with Crippen molar-refractivity contribution in [1.29, 1.82) is 0 Å². The lowest BCUT2D eigenvalue weighted by atomic mass is 10.1. The molecule has 0 amide bonds. The van der Waals surface area contributed by atoms with Gasteiger partial charge in [-0.3, -0.25) is 0 Å². The van der Waals surface area contributed by atoms with Gasteiger partial charge in [-0.15, -0.1) is 0 Å². The van der Waals surface area contributed by atoms with E-state index in [1.54, 1.807) is 0 Å². The minimum atomic E-state index is -0.750. The number of nitrogens with one attached hydrogen (secondary N) is 1. The standard InChI is InChI=1S/C12H15N.O2S/c1-2-5-11(6-3-1)8-9-12-7-4-10-13-12;1-3-2/h1-3,5-6,8-9,12-13H,4,7,10H2;/b9-8+;/t12-;/m0./s1. The summed E-state index contributed by atoms with van der Waals surface area (Å²) in [5.74, 6) is 0. The maximum Gasteiger partial charge on any atom is 0.335 e. The predicted molar refractivity (Wildman–Crippen MR) is 65.4 cm³/mol. The average molecular weight is 237 g/mol. The first-order valence-electron chi connectivity index (χ1n) is 5.25. The number of hydrogen-bond acceptors (Lipinski definition) is 3.